The van der Waals surface area contributed by atoms with Crippen LogP contribution < -0.4 is 5.73 Å². The molecule has 2 N–H and O–H groups in total. The van der Waals surface area contributed by atoms with Crippen LogP contribution in [0, 0.1) is 6.92 Å². The normalized spacial score (nSPS) is 12.6. The van der Waals surface area contributed by atoms with Gasteiger partial charge >= 0.3 is 0 Å². The second-order valence-corrected chi connectivity index (χ2v) is 5.01. The van der Waals surface area contributed by atoms with Gasteiger partial charge in [-0.05, 0) is 18.9 Å². The van der Waals surface area contributed by atoms with E-state index in [1.165, 1.54) is 31.2 Å². The molecule has 2 heteroatoms. The van der Waals surface area contributed by atoms with Gasteiger partial charge in [-0.1, -0.05) is 62.4 Å². The first-order valence-corrected chi connectivity index (χ1v) is 7.14. The molecule has 1 atom stereocenters. The predicted octanol–water partition coefficient (Wildman–Crippen LogP) is 3.98. The molecule has 0 bridgehead atoms. The minimum absolute atomic E-state index is 0.00115. The summed E-state index contributed by atoms with van der Waals surface area (Å²) in [5, 5.41) is 0. The van der Waals surface area contributed by atoms with E-state index in [9.17, 15) is 0 Å². The third-order valence-electron chi connectivity index (χ3n) is 3.20. The van der Waals surface area contributed by atoms with Gasteiger partial charge in [-0.15, -0.1) is 0 Å². The average Bonchev–Trinajstić information content (AvgIpc) is 2.38. The Labute approximate surface area is 112 Å². The lowest BCUT2D eigenvalue weighted by atomic mass is 10.1. The van der Waals surface area contributed by atoms with Gasteiger partial charge in [0.25, 0.3) is 0 Å². The van der Waals surface area contributed by atoms with Crippen LogP contribution in [0.5, 0.6) is 0 Å². The molecule has 0 aromatic heterocycles. The molecule has 0 fully saturated rings. The molecular weight excluding hydrogens is 222 g/mol. The van der Waals surface area contributed by atoms with E-state index in [1.54, 1.807) is 0 Å². The van der Waals surface area contributed by atoms with Crippen molar-refractivity contribution in [3.63, 3.8) is 0 Å². The summed E-state index contributed by atoms with van der Waals surface area (Å²) in [6.07, 6.45) is 6.38. The van der Waals surface area contributed by atoms with Crippen LogP contribution in [-0.4, -0.2) is 13.2 Å². The molecule has 2 nitrogen and oxygen atoms in total. The molecular formula is C16H27NO. The number of benzene rings is 1. The number of aryl methyl sites for hydroxylation is 1. The molecule has 0 aliphatic rings. The summed E-state index contributed by atoms with van der Waals surface area (Å²) in [6, 6.07) is 8.37. The smallest absolute Gasteiger partial charge is 0.0659 e. The van der Waals surface area contributed by atoms with Crippen LogP contribution >= 0.6 is 0 Å². The maximum Gasteiger partial charge on any atom is 0.0659 e. The molecule has 0 heterocycles. The maximum atomic E-state index is 6.08. The number of rotatable bonds is 9. The fraction of sp³-hybridized carbons (Fsp3) is 0.625. The quantitative estimate of drug-likeness (QED) is 0.672. The van der Waals surface area contributed by atoms with Gasteiger partial charge in [0.15, 0.2) is 0 Å². The zero-order valence-corrected chi connectivity index (χ0v) is 11.8. The second kappa shape index (κ2) is 9.12. The van der Waals surface area contributed by atoms with Crippen LogP contribution in [0.3, 0.4) is 0 Å². The van der Waals surface area contributed by atoms with Crippen LogP contribution in [0.4, 0.5) is 0 Å². The highest BCUT2D eigenvalue weighted by atomic mass is 16.5. The van der Waals surface area contributed by atoms with Gasteiger partial charge in [-0.2, -0.15) is 0 Å². The van der Waals surface area contributed by atoms with Gasteiger partial charge in [0.1, 0.15) is 0 Å². The van der Waals surface area contributed by atoms with E-state index in [0.29, 0.717) is 6.61 Å². The van der Waals surface area contributed by atoms with Crippen molar-refractivity contribution in [2.24, 2.45) is 5.73 Å². The van der Waals surface area contributed by atoms with Crippen molar-refractivity contribution in [2.45, 2.75) is 52.0 Å². The number of hydrogen-bond donors (Lipinski definition) is 1. The van der Waals surface area contributed by atoms with E-state index >= 15 is 0 Å². The first-order valence-electron chi connectivity index (χ1n) is 7.14. The number of hydrogen-bond acceptors (Lipinski definition) is 2. The first kappa shape index (κ1) is 15.2. The topological polar surface area (TPSA) is 35.2 Å². The summed E-state index contributed by atoms with van der Waals surface area (Å²) < 4.78 is 5.64. The molecule has 1 unspecified atom stereocenters. The highest BCUT2D eigenvalue weighted by Gasteiger charge is 2.05. The van der Waals surface area contributed by atoms with Crippen molar-refractivity contribution >= 4 is 0 Å². The highest BCUT2D eigenvalue weighted by molar-refractivity contribution is 5.23. The fourth-order valence-corrected chi connectivity index (χ4v) is 1.93. The van der Waals surface area contributed by atoms with Gasteiger partial charge in [-0.25, -0.2) is 0 Å². The average molecular weight is 249 g/mol. The van der Waals surface area contributed by atoms with Gasteiger partial charge in [0.05, 0.1) is 12.6 Å². The minimum Gasteiger partial charge on any atom is -0.379 e. The molecule has 1 aromatic rings. The van der Waals surface area contributed by atoms with Gasteiger partial charge < -0.3 is 10.5 Å². The monoisotopic (exact) mass is 249 g/mol. The van der Waals surface area contributed by atoms with Gasteiger partial charge in [0.2, 0.25) is 0 Å². The van der Waals surface area contributed by atoms with Crippen molar-refractivity contribution in [1.29, 1.82) is 0 Å². The van der Waals surface area contributed by atoms with E-state index in [-0.39, 0.29) is 6.04 Å². The van der Waals surface area contributed by atoms with E-state index in [1.807, 2.05) is 0 Å². The first-order chi connectivity index (χ1) is 8.74. The molecule has 0 amide bonds. The number of ether oxygens (including phenoxy) is 1. The van der Waals surface area contributed by atoms with Gasteiger partial charge in [-0.3, -0.25) is 0 Å². The Bertz CT molecular complexity index is 307. The summed E-state index contributed by atoms with van der Waals surface area (Å²) in [7, 11) is 0. The Morgan fingerprint density at radius 3 is 2.39 bits per heavy atom. The van der Waals surface area contributed by atoms with Crippen LogP contribution in [0.1, 0.15) is 56.2 Å². The van der Waals surface area contributed by atoms with Crippen molar-refractivity contribution in [3.8, 4) is 0 Å². The van der Waals surface area contributed by atoms with Crippen molar-refractivity contribution < 1.29 is 4.74 Å². The summed E-state index contributed by atoms with van der Waals surface area (Å²) in [4.78, 5) is 0. The Hall–Kier alpha value is -0.860. The zero-order valence-electron chi connectivity index (χ0n) is 11.8. The largest absolute Gasteiger partial charge is 0.379 e. The van der Waals surface area contributed by atoms with E-state index in [4.69, 9.17) is 10.5 Å². The lowest BCUT2D eigenvalue weighted by Gasteiger charge is -2.12. The standard InChI is InChI=1S/C16H27NO/c1-3-4-5-6-7-12-18-13-16(17)15-10-8-14(2)9-11-15/h8-11,16H,3-7,12-13,17H2,1-2H3. The Kier molecular flexibility index (Phi) is 7.70. The third-order valence-corrected chi connectivity index (χ3v) is 3.20. The summed E-state index contributed by atoms with van der Waals surface area (Å²) in [6.45, 7) is 5.78. The number of nitrogens with two attached hydrogens (primary N) is 1. The molecule has 1 aromatic carbocycles. The molecule has 0 aliphatic heterocycles. The van der Waals surface area contributed by atoms with Gasteiger partial charge in [0, 0.05) is 6.61 Å². The lowest BCUT2D eigenvalue weighted by Crippen LogP contribution is -2.17. The Morgan fingerprint density at radius 2 is 1.72 bits per heavy atom. The summed E-state index contributed by atoms with van der Waals surface area (Å²) in [5.41, 5.74) is 8.51. The highest BCUT2D eigenvalue weighted by Crippen LogP contribution is 2.12. The molecule has 0 radical (unpaired) electrons. The van der Waals surface area contributed by atoms with Crippen LogP contribution in [0.2, 0.25) is 0 Å². The third kappa shape index (κ3) is 6.18. The molecule has 18 heavy (non-hydrogen) atoms. The lowest BCUT2D eigenvalue weighted by molar-refractivity contribution is 0.117. The predicted molar refractivity (Wildman–Crippen MR) is 77.7 cm³/mol. The zero-order chi connectivity index (χ0) is 13.2. The second-order valence-electron chi connectivity index (χ2n) is 5.01. The molecule has 0 aliphatic carbocycles. The van der Waals surface area contributed by atoms with Crippen LogP contribution in [-0.2, 0) is 4.74 Å². The van der Waals surface area contributed by atoms with E-state index in [2.05, 4.69) is 38.1 Å². The van der Waals surface area contributed by atoms with Crippen LogP contribution in [0.15, 0.2) is 24.3 Å². The molecule has 0 saturated carbocycles. The molecule has 0 spiro atoms. The summed E-state index contributed by atoms with van der Waals surface area (Å²) >= 11 is 0. The molecule has 102 valence electrons. The SMILES string of the molecule is CCCCCCCOCC(N)c1ccc(C)cc1. The minimum atomic E-state index is 0.00115. The maximum absolute atomic E-state index is 6.08. The fourth-order valence-electron chi connectivity index (χ4n) is 1.93. The summed E-state index contributed by atoms with van der Waals surface area (Å²) in [5.74, 6) is 0. The Morgan fingerprint density at radius 1 is 1.06 bits per heavy atom. The van der Waals surface area contributed by atoms with Crippen molar-refractivity contribution in [3.05, 3.63) is 35.4 Å². The van der Waals surface area contributed by atoms with E-state index in [0.717, 1.165) is 18.6 Å². The van der Waals surface area contributed by atoms with Crippen molar-refractivity contribution in [1.82, 2.24) is 0 Å². The van der Waals surface area contributed by atoms with Crippen molar-refractivity contribution in [2.75, 3.05) is 13.2 Å². The molecule has 0 saturated heterocycles. The Balaban J connectivity index is 2.10. The number of unbranched alkanes of at least 4 members (excludes halogenated alkanes) is 4. The molecule has 1 rings (SSSR count). The van der Waals surface area contributed by atoms with Crippen LogP contribution in [0.25, 0.3) is 0 Å². The van der Waals surface area contributed by atoms with E-state index < -0.39 is 0 Å².